The van der Waals surface area contributed by atoms with Crippen LogP contribution in [-0.4, -0.2) is 17.8 Å². The number of nitro groups is 1. The van der Waals surface area contributed by atoms with Crippen LogP contribution in [0.1, 0.15) is 17.3 Å². The first-order chi connectivity index (χ1) is 6.70. The molecule has 0 aliphatic rings. The van der Waals surface area contributed by atoms with E-state index in [4.69, 9.17) is 0 Å². The fraction of sp³-hybridized carbons (Fsp3) is 0.222. The van der Waals surface area contributed by atoms with Gasteiger partial charge in [0.2, 0.25) is 0 Å². The highest BCUT2D eigenvalue weighted by Crippen LogP contribution is 2.26. The Morgan fingerprint density at radius 3 is 2.79 bits per heavy atom. The molecule has 0 saturated carbocycles. The molecule has 0 fully saturated rings. The van der Waals surface area contributed by atoms with Gasteiger partial charge in [0.05, 0.1) is 4.92 Å². The molecule has 0 aliphatic carbocycles. The van der Waals surface area contributed by atoms with Crippen molar-refractivity contribution in [1.29, 1.82) is 0 Å². The summed E-state index contributed by atoms with van der Waals surface area (Å²) in [4.78, 5) is 20.7. The molecule has 1 rings (SSSR count). The van der Waals surface area contributed by atoms with Gasteiger partial charge in [-0.2, -0.15) is 0 Å². The molecular formula is C9H10N2O3. The van der Waals surface area contributed by atoms with E-state index >= 15 is 0 Å². The molecule has 1 aromatic carbocycles. The molecule has 0 aromatic heterocycles. The van der Waals surface area contributed by atoms with Gasteiger partial charge in [-0.3, -0.25) is 14.9 Å². The van der Waals surface area contributed by atoms with Crippen molar-refractivity contribution < 1.29 is 9.72 Å². The second-order valence-electron chi connectivity index (χ2n) is 2.65. The molecule has 0 aliphatic heterocycles. The Labute approximate surface area is 80.9 Å². The lowest BCUT2D eigenvalue weighted by Gasteiger charge is -2.06. The summed E-state index contributed by atoms with van der Waals surface area (Å²) in [6.45, 7) is 2.34. The second kappa shape index (κ2) is 4.36. The minimum Gasteiger partial charge on any atom is -0.379 e. The first kappa shape index (κ1) is 10.2. The zero-order valence-electron chi connectivity index (χ0n) is 7.69. The van der Waals surface area contributed by atoms with Crippen LogP contribution >= 0.6 is 0 Å². The Morgan fingerprint density at radius 2 is 2.29 bits per heavy atom. The van der Waals surface area contributed by atoms with Gasteiger partial charge in [-0.05, 0) is 13.0 Å². The molecule has 1 aromatic rings. The first-order valence-electron chi connectivity index (χ1n) is 4.17. The number of hydrogen-bond donors (Lipinski definition) is 1. The van der Waals surface area contributed by atoms with Crippen molar-refractivity contribution in [3.63, 3.8) is 0 Å². The van der Waals surface area contributed by atoms with Gasteiger partial charge in [0, 0.05) is 18.2 Å². The van der Waals surface area contributed by atoms with Crippen LogP contribution in [-0.2, 0) is 0 Å². The van der Waals surface area contributed by atoms with E-state index in [9.17, 15) is 14.9 Å². The Kier molecular flexibility index (Phi) is 3.17. The normalized spacial score (nSPS) is 9.50. The van der Waals surface area contributed by atoms with Crippen molar-refractivity contribution >= 4 is 17.7 Å². The number of carbonyl (C=O) groups excluding carboxylic acids is 1. The number of nitrogens with zero attached hydrogens (tertiary/aromatic N) is 1. The Morgan fingerprint density at radius 1 is 1.57 bits per heavy atom. The molecule has 0 bridgehead atoms. The summed E-state index contributed by atoms with van der Waals surface area (Å²) < 4.78 is 0. The molecule has 14 heavy (non-hydrogen) atoms. The predicted molar refractivity (Wildman–Crippen MR) is 52.6 cm³/mol. The van der Waals surface area contributed by atoms with E-state index in [1.807, 2.05) is 6.92 Å². The molecule has 0 saturated heterocycles. The highest BCUT2D eigenvalue weighted by molar-refractivity contribution is 5.88. The van der Waals surface area contributed by atoms with Gasteiger partial charge in [-0.25, -0.2) is 0 Å². The molecule has 0 radical (unpaired) electrons. The maximum absolute atomic E-state index is 10.6. The highest BCUT2D eigenvalue weighted by atomic mass is 16.6. The summed E-state index contributed by atoms with van der Waals surface area (Å²) in [7, 11) is 0. The van der Waals surface area contributed by atoms with E-state index in [1.54, 1.807) is 0 Å². The minimum absolute atomic E-state index is 0.0727. The molecule has 0 unspecified atom stereocenters. The number of rotatable bonds is 4. The molecule has 5 nitrogen and oxygen atoms in total. The Hall–Kier alpha value is -1.91. The Bertz CT molecular complexity index is 363. The van der Waals surface area contributed by atoms with Crippen LogP contribution in [0.25, 0.3) is 0 Å². The first-order valence-corrected chi connectivity index (χ1v) is 4.17. The summed E-state index contributed by atoms with van der Waals surface area (Å²) in [6, 6.07) is 4.39. The fourth-order valence-corrected chi connectivity index (χ4v) is 1.18. The number of benzene rings is 1. The number of aldehydes is 1. The minimum atomic E-state index is -0.509. The zero-order chi connectivity index (χ0) is 10.6. The van der Waals surface area contributed by atoms with Crippen LogP contribution in [0.15, 0.2) is 18.2 Å². The Balaban J connectivity index is 3.27. The third kappa shape index (κ3) is 1.87. The molecule has 0 atom stereocenters. The van der Waals surface area contributed by atoms with Crippen LogP contribution in [0.3, 0.4) is 0 Å². The number of anilines is 1. The van der Waals surface area contributed by atoms with Crippen LogP contribution in [0, 0.1) is 10.1 Å². The number of nitrogens with one attached hydrogen (secondary N) is 1. The van der Waals surface area contributed by atoms with Crippen molar-refractivity contribution in [2.75, 3.05) is 11.9 Å². The van der Waals surface area contributed by atoms with Gasteiger partial charge in [0.25, 0.3) is 5.69 Å². The lowest BCUT2D eigenvalue weighted by molar-refractivity contribution is -0.384. The fourth-order valence-electron chi connectivity index (χ4n) is 1.18. The maximum Gasteiger partial charge on any atom is 0.293 e. The molecule has 0 spiro atoms. The second-order valence-corrected chi connectivity index (χ2v) is 2.65. The summed E-state index contributed by atoms with van der Waals surface area (Å²) in [5, 5.41) is 13.4. The topological polar surface area (TPSA) is 72.2 Å². The van der Waals surface area contributed by atoms with E-state index in [1.165, 1.54) is 18.2 Å². The van der Waals surface area contributed by atoms with Gasteiger partial charge in [-0.15, -0.1) is 0 Å². The van der Waals surface area contributed by atoms with Crippen molar-refractivity contribution in [3.8, 4) is 0 Å². The van der Waals surface area contributed by atoms with Crippen LogP contribution in [0.5, 0.6) is 0 Å². The SMILES string of the molecule is CCNc1c(C=O)cccc1[N+](=O)[O-]. The van der Waals surface area contributed by atoms with Crippen molar-refractivity contribution in [3.05, 3.63) is 33.9 Å². The smallest absolute Gasteiger partial charge is 0.293 e. The predicted octanol–water partition coefficient (Wildman–Crippen LogP) is 1.84. The summed E-state index contributed by atoms with van der Waals surface area (Å²) in [6.07, 6.45) is 0.602. The van der Waals surface area contributed by atoms with Crippen LogP contribution in [0.4, 0.5) is 11.4 Å². The standard InChI is InChI=1S/C9H10N2O3/c1-2-10-9-7(6-12)4-3-5-8(9)11(13)14/h3-6,10H,2H2,1H3. The third-order valence-corrected chi connectivity index (χ3v) is 1.75. The molecule has 0 amide bonds. The van der Waals surface area contributed by atoms with E-state index in [0.717, 1.165) is 0 Å². The van der Waals surface area contributed by atoms with Crippen LogP contribution in [0.2, 0.25) is 0 Å². The van der Waals surface area contributed by atoms with Gasteiger partial charge in [-0.1, -0.05) is 6.07 Å². The summed E-state index contributed by atoms with van der Waals surface area (Å²) in [5.41, 5.74) is 0.521. The maximum atomic E-state index is 10.6. The van der Waals surface area contributed by atoms with Crippen molar-refractivity contribution in [2.24, 2.45) is 0 Å². The van der Waals surface area contributed by atoms with Crippen molar-refractivity contribution in [2.45, 2.75) is 6.92 Å². The van der Waals surface area contributed by atoms with Gasteiger partial charge in [0.1, 0.15) is 5.69 Å². The largest absolute Gasteiger partial charge is 0.379 e. The van der Waals surface area contributed by atoms with E-state index in [2.05, 4.69) is 5.32 Å². The van der Waals surface area contributed by atoms with Crippen LogP contribution < -0.4 is 5.32 Å². The lowest BCUT2D eigenvalue weighted by Crippen LogP contribution is -2.04. The number of carbonyl (C=O) groups is 1. The van der Waals surface area contributed by atoms with E-state index < -0.39 is 4.92 Å². The van der Waals surface area contributed by atoms with Gasteiger partial charge < -0.3 is 5.32 Å². The summed E-state index contributed by atoms with van der Waals surface area (Å²) >= 11 is 0. The average Bonchev–Trinajstić information content (AvgIpc) is 2.18. The number of nitro benzene ring substituents is 1. The van der Waals surface area contributed by atoms with E-state index in [-0.39, 0.29) is 11.4 Å². The highest BCUT2D eigenvalue weighted by Gasteiger charge is 2.15. The molecule has 1 N–H and O–H groups in total. The quantitative estimate of drug-likeness (QED) is 0.451. The number of hydrogen-bond acceptors (Lipinski definition) is 4. The molecule has 0 heterocycles. The number of para-hydroxylation sites is 1. The van der Waals surface area contributed by atoms with Gasteiger partial charge in [0.15, 0.2) is 6.29 Å². The van der Waals surface area contributed by atoms with E-state index in [0.29, 0.717) is 18.4 Å². The zero-order valence-corrected chi connectivity index (χ0v) is 7.69. The molecular weight excluding hydrogens is 184 g/mol. The summed E-state index contributed by atoms with van der Waals surface area (Å²) in [5.74, 6) is 0. The average molecular weight is 194 g/mol. The lowest BCUT2D eigenvalue weighted by atomic mass is 10.1. The van der Waals surface area contributed by atoms with Crippen molar-refractivity contribution in [1.82, 2.24) is 0 Å². The monoisotopic (exact) mass is 194 g/mol. The van der Waals surface area contributed by atoms with Gasteiger partial charge >= 0.3 is 0 Å². The third-order valence-electron chi connectivity index (χ3n) is 1.75. The molecule has 5 heteroatoms. The molecule has 74 valence electrons.